The van der Waals surface area contributed by atoms with Gasteiger partial charge >= 0.3 is 0 Å². The lowest BCUT2D eigenvalue weighted by molar-refractivity contribution is 0.0623. The summed E-state index contributed by atoms with van der Waals surface area (Å²) in [6.45, 7) is 7.22. The third-order valence-electron chi connectivity index (χ3n) is 6.07. The highest BCUT2D eigenvalue weighted by molar-refractivity contribution is 7.98. The van der Waals surface area contributed by atoms with Crippen molar-refractivity contribution in [2.45, 2.75) is 31.0 Å². The molecule has 1 fully saturated rings. The largest absolute Gasteiger partial charge is 0.361 e. The summed E-state index contributed by atoms with van der Waals surface area (Å²) < 4.78 is 6.83. The Balaban J connectivity index is 1.22. The van der Waals surface area contributed by atoms with Crippen molar-refractivity contribution in [2.24, 2.45) is 0 Å². The maximum atomic E-state index is 13.4. The monoisotopic (exact) mass is 495 g/mol. The molecule has 0 N–H and O–H groups in total. The number of nitrogens with zero attached hydrogens (tertiary/aromatic N) is 5. The molecule has 1 aliphatic heterocycles. The molecule has 0 atom stereocenters. The fraction of sp³-hybridized carbons (Fsp3) is 0.333. The molecule has 4 aromatic rings. The quantitative estimate of drug-likeness (QED) is 0.378. The van der Waals surface area contributed by atoms with Crippen LogP contribution in [-0.2, 0) is 12.3 Å². The number of benzene rings is 1. The molecule has 176 valence electrons. The number of aryl methyl sites for hydroxylation is 2. The van der Waals surface area contributed by atoms with E-state index in [2.05, 4.69) is 15.0 Å². The molecule has 1 aliphatic rings. The lowest BCUT2D eigenvalue weighted by atomic mass is 10.1. The zero-order valence-electron chi connectivity index (χ0n) is 19.1. The minimum atomic E-state index is -0.0549. The van der Waals surface area contributed by atoms with Crippen LogP contribution < -0.4 is 5.56 Å². The first-order chi connectivity index (χ1) is 16.5. The van der Waals surface area contributed by atoms with Crippen LogP contribution in [0.25, 0.3) is 4.96 Å². The number of thiazole rings is 1. The van der Waals surface area contributed by atoms with Gasteiger partial charge in [0, 0.05) is 66.6 Å². The lowest BCUT2D eigenvalue weighted by Crippen LogP contribution is -2.48. The van der Waals surface area contributed by atoms with Gasteiger partial charge < -0.3 is 9.42 Å². The fourth-order valence-electron chi connectivity index (χ4n) is 4.10. The zero-order valence-corrected chi connectivity index (χ0v) is 20.7. The fourth-order valence-corrected chi connectivity index (χ4v) is 6.04. The summed E-state index contributed by atoms with van der Waals surface area (Å²) in [5, 5.41) is 5.89. The normalized spacial score (nSPS) is 14.7. The van der Waals surface area contributed by atoms with Crippen LogP contribution in [0.2, 0.25) is 0 Å². The summed E-state index contributed by atoms with van der Waals surface area (Å²) >= 11 is 3.09. The Bertz CT molecular complexity index is 1370. The van der Waals surface area contributed by atoms with E-state index < -0.39 is 0 Å². The first kappa shape index (κ1) is 22.8. The van der Waals surface area contributed by atoms with Gasteiger partial charge in [-0.15, -0.1) is 23.1 Å². The molecule has 0 radical (unpaired) electrons. The topological polar surface area (TPSA) is 84.0 Å². The maximum Gasteiger partial charge on any atom is 0.258 e. The summed E-state index contributed by atoms with van der Waals surface area (Å²) in [6.07, 6.45) is 1.74. The molecule has 8 nitrogen and oxygen atoms in total. The molecule has 1 saturated heterocycles. The van der Waals surface area contributed by atoms with E-state index in [1.165, 1.54) is 11.3 Å². The van der Waals surface area contributed by atoms with E-state index in [1.54, 1.807) is 28.4 Å². The number of amides is 1. The summed E-state index contributed by atoms with van der Waals surface area (Å²) in [6, 6.07) is 9.37. The number of aromatic nitrogens is 3. The van der Waals surface area contributed by atoms with E-state index in [9.17, 15) is 9.59 Å². The average Bonchev–Trinajstić information content (AvgIpc) is 3.44. The average molecular weight is 496 g/mol. The number of carbonyl (C=O) groups is 1. The van der Waals surface area contributed by atoms with Gasteiger partial charge in [0.2, 0.25) is 0 Å². The van der Waals surface area contributed by atoms with Gasteiger partial charge in [0.05, 0.1) is 17.0 Å². The molecule has 0 aliphatic carbocycles. The minimum Gasteiger partial charge on any atom is -0.361 e. The minimum absolute atomic E-state index is 0.0536. The zero-order chi connectivity index (χ0) is 23.7. The van der Waals surface area contributed by atoms with Crippen LogP contribution in [0.5, 0.6) is 0 Å². The third kappa shape index (κ3) is 4.66. The van der Waals surface area contributed by atoms with Crippen LogP contribution in [0.4, 0.5) is 0 Å². The van der Waals surface area contributed by atoms with Gasteiger partial charge in [0.25, 0.3) is 11.5 Å². The number of piperazine rings is 1. The smallest absolute Gasteiger partial charge is 0.258 e. The van der Waals surface area contributed by atoms with Gasteiger partial charge in [-0.3, -0.25) is 18.9 Å². The number of hydrogen-bond donors (Lipinski definition) is 0. The van der Waals surface area contributed by atoms with Crippen molar-refractivity contribution in [1.29, 1.82) is 0 Å². The molecule has 0 spiro atoms. The van der Waals surface area contributed by atoms with Crippen LogP contribution in [-0.4, -0.2) is 56.4 Å². The molecule has 10 heteroatoms. The molecule has 1 aromatic carbocycles. The SMILES string of the molecule is Cc1noc(C)c1CSc1ccccc1C(=O)N1CCN(Cc2cc(=O)n3ccsc3n2)CC1. The van der Waals surface area contributed by atoms with Gasteiger partial charge in [-0.25, -0.2) is 4.98 Å². The second-order valence-electron chi connectivity index (χ2n) is 8.30. The second-order valence-corrected chi connectivity index (χ2v) is 10.2. The Hall–Kier alpha value is -2.95. The molecule has 5 rings (SSSR count). The second kappa shape index (κ2) is 9.73. The highest BCUT2D eigenvalue weighted by Gasteiger charge is 2.24. The molecule has 0 unspecified atom stereocenters. The Kier molecular flexibility index (Phi) is 6.53. The standard InChI is InChI=1S/C24H25N5O3S2/c1-16-20(17(2)32-26-16)15-34-21-6-4-3-5-19(21)23(31)28-9-7-27(8-10-28)14-18-13-22(30)29-11-12-33-24(29)25-18/h3-6,11-13H,7-10,14-15H2,1-2H3. The van der Waals surface area contributed by atoms with Gasteiger partial charge in [-0.1, -0.05) is 17.3 Å². The highest BCUT2D eigenvalue weighted by Crippen LogP contribution is 2.29. The summed E-state index contributed by atoms with van der Waals surface area (Å²) in [5.41, 5.74) is 3.41. The van der Waals surface area contributed by atoms with E-state index in [4.69, 9.17) is 4.52 Å². The molecule has 1 amide bonds. The van der Waals surface area contributed by atoms with Crippen LogP contribution in [0.3, 0.4) is 0 Å². The van der Waals surface area contributed by atoms with Crippen molar-refractivity contribution in [3.05, 3.63) is 80.5 Å². The van der Waals surface area contributed by atoms with E-state index in [-0.39, 0.29) is 11.5 Å². The highest BCUT2D eigenvalue weighted by atomic mass is 32.2. The first-order valence-corrected chi connectivity index (χ1v) is 13.0. The maximum absolute atomic E-state index is 13.4. The summed E-state index contributed by atoms with van der Waals surface area (Å²) in [5.74, 6) is 1.58. The van der Waals surface area contributed by atoms with Crippen molar-refractivity contribution in [1.82, 2.24) is 24.3 Å². The Labute approximate surface area is 205 Å². The van der Waals surface area contributed by atoms with E-state index in [0.29, 0.717) is 30.3 Å². The van der Waals surface area contributed by atoms with Crippen LogP contribution >= 0.6 is 23.1 Å². The van der Waals surface area contributed by atoms with Gasteiger partial charge in [-0.2, -0.15) is 0 Å². The molecule has 4 heterocycles. The van der Waals surface area contributed by atoms with Crippen LogP contribution in [0.15, 0.2) is 56.1 Å². The number of carbonyl (C=O) groups excluding carboxylic acids is 1. The number of thioether (sulfide) groups is 1. The third-order valence-corrected chi connectivity index (χ3v) is 7.93. The van der Waals surface area contributed by atoms with E-state index >= 15 is 0 Å². The molecular weight excluding hydrogens is 470 g/mol. The Morgan fingerprint density at radius 1 is 1.18 bits per heavy atom. The van der Waals surface area contributed by atoms with Gasteiger partial charge in [0.15, 0.2) is 4.96 Å². The van der Waals surface area contributed by atoms with Gasteiger partial charge in [0.1, 0.15) is 5.76 Å². The molecule has 3 aromatic heterocycles. The predicted molar refractivity (Wildman–Crippen MR) is 132 cm³/mol. The first-order valence-electron chi connectivity index (χ1n) is 11.1. The summed E-state index contributed by atoms with van der Waals surface area (Å²) in [4.78, 5) is 36.0. The molecule has 0 saturated carbocycles. The van der Waals surface area contributed by atoms with Crippen molar-refractivity contribution in [2.75, 3.05) is 26.2 Å². The molecule has 34 heavy (non-hydrogen) atoms. The summed E-state index contributed by atoms with van der Waals surface area (Å²) in [7, 11) is 0. The Morgan fingerprint density at radius 3 is 2.74 bits per heavy atom. The van der Waals surface area contributed by atoms with Crippen LogP contribution in [0.1, 0.15) is 33.1 Å². The number of rotatable bonds is 6. The predicted octanol–water partition coefficient (Wildman–Crippen LogP) is 3.61. The van der Waals surface area contributed by atoms with E-state index in [1.807, 2.05) is 48.4 Å². The van der Waals surface area contributed by atoms with Crippen molar-refractivity contribution in [3.8, 4) is 0 Å². The van der Waals surface area contributed by atoms with E-state index in [0.717, 1.165) is 46.3 Å². The number of fused-ring (bicyclic) bond motifs is 1. The van der Waals surface area contributed by atoms with Crippen LogP contribution in [0, 0.1) is 13.8 Å². The van der Waals surface area contributed by atoms with Gasteiger partial charge in [-0.05, 0) is 26.0 Å². The number of hydrogen-bond acceptors (Lipinski definition) is 8. The molecular formula is C24H25N5O3S2. The molecule has 0 bridgehead atoms. The van der Waals surface area contributed by atoms with Crippen molar-refractivity contribution < 1.29 is 9.32 Å². The Morgan fingerprint density at radius 2 is 1.97 bits per heavy atom. The van der Waals surface area contributed by atoms with Crippen molar-refractivity contribution in [3.63, 3.8) is 0 Å². The van der Waals surface area contributed by atoms with Crippen molar-refractivity contribution >= 4 is 34.0 Å². The lowest BCUT2D eigenvalue weighted by Gasteiger charge is -2.34.